The average Bonchev–Trinajstić information content (AvgIpc) is 2.53. The summed E-state index contributed by atoms with van der Waals surface area (Å²) in [6.45, 7) is 0. The Balaban J connectivity index is 2.13. The van der Waals surface area contributed by atoms with Crippen molar-refractivity contribution in [1.82, 2.24) is 0 Å². The summed E-state index contributed by atoms with van der Waals surface area (Å²) in [5.41, 5.74) is -0.843. The Labute approximate surface area is 140 Å². The van der Waals surface area contributed by atoms with Crippen LogP contribution in [-0.2, 0) is 11.8 Å². The van der Waals surface area contributed by atoms with E-state index in [1.807, 2.05) is 0 Å². The van der Waals surface area contributed by atoms with Crippen molar-refractivity contribution in [2.45, 2.75) is 18.0 Å². The molecule has 3 rings (SSSR count). The van der Waals surface area contributed by atoms with Crippen molar-refractivity contribution in [1.29, 1.82) is 0 Å². The number of fused-ring (bicyclic) bond motifs is 1. The maximum Gasteiger partial charge on any atom is 0.403 e. The van der Waals surface area contributed by atoms with Crippen molar-refractivity contribution in [2.24, 2.45) is 4.99 Å². The molecule has 0 bridgehead atoms. The molecule has 0 spiro atoms. The van der Waals surface area contributed by atoms with Crippen LogP contribution in [0.25, 0.3) is 0 Å². The summed E-state index contributed by atoms with van der Waals surface area (Å²) in [6, 6.07) is 11.1. The maximum atomic E-state index is 13.9. The van der Waals surface area contributed by atoms with Gasteiger partial charge in [0, 0.05) is 10.7 Å². The first-order valence-corrected chi connectivity index (χ1v) is 7.70. The van der Waals surface area contributed by atoms with Crippen LogP contribution in [0.4, 0.5) is 18.9 Å². The lowest BCUT2D eigenvalue weighted by atomic mass is 9.74. The Morgan fingerprint density at radius 2 is 1.83 bits per heavy atom. The van der Waals surface area contributed by atoms with Gasteiger partial charge in [-0.2, -0.15) is 13.2 Å². The predicted molar refractivity (Wildman–Crippen MR) is 86.7 cm³/mol. The molecule has 0 saturated carbocycles. The van der Waals surface area contributed by atoms with Gasteiger partial charge in [-0.05, 0) is 47.9 Å². The Morgan fingerprint density at radius 3 is 2.43 bits per heavy atom. The van der Waals surface area contributed by atoms with Crippen molar-refractivity contribution in [3.8, 4) is 5.75 Å². The average molecular weight is 384 g/mol. The van der Waals surface area contributed by atoms with Gasteiger partial charge in [0.25, 0.3) is 0 Å². The van der Waals surface area contributed by atoms with Gasteiger partial charge in [-0.15, -0.1) is 0 Å². The van der Waals surface area contributed by atoms with E-state index in [1.165, 1.54) is 31.4 Å². The van der Waals surface area contributed by atoms with Crippen LogP contribution in [0.1, 0.15) is 11.1 Å². The van der Waals surface area contributed by atoms with Crippen molar-refractivity contribution >= 4 is 27.8 Å². The zero-order valence-corrected chi connectivity index (χ0v) is 13.8. The fraction of sp³-hybridized carbons (Fsp3) is 0.235. The summed E-state index contributed by atoms with van der Waals surface area (Å²) in [5, 5.41) is 0. The molecule has 120 valence electrons. The molecular weight excluding hydrogens is 371 g/mol. The summed E-state index contributed by atoms with van der Waals surface area (Å²) in [5.74, 6) is 0.516. The van der Waals surface area contributed by atoms with Gasteiger partial charge in [0.05, 0.1) is 12.8 Å². The van der Waals surface area contributed by atoms with E-state index in [0.29, 0.717) is 17.0 Å². The topological polar surface area (TPSA) is 21.6 Å². The Kier molecular flexibility index (Phi) is 3.96. The van der Waals surface area contributed by atoms with Crippen LogP contribution < -0.4 is 4.74 Å². The lowest BCUT2D eigenvalue weighted by Gasteiger charge is -2.35. The second-order valence-corrected chi connectivity index (χ2v) is 6.32. The molecule has 2 aromatic rings. The van der Waals surface area contributed by atoms with E-state index in [-0.39, 0.29) is 12.0 Å². The summed E-state index contributed by atoms with van der Waals surface area (Å²) < 4.78 is 47.5. The van der Waals surface area contributed by atoms with Crippen LogP contribution in [0.15, 0.2) is 51.9 Å². The highest BCUT2D eigenvalue weighted by atomic mass is 79.9. The van der Waals surface area contributed by atoms with E-state index >= 15 is 0 Å². The van der Waals surface area contributed by atoms with Gasteiger partial charge in [-0.3, -0.25) is 4.99 Å². The fourth-order valence-electron chi connectivity index (χ4n) is 2.75. The summed E-state index contributed by atoms with van der Waals surface area (Å²) in [4.78, 5) is 4.08. The molecule has 1 aliphatic heterocycles. The molecule has 0 aromatic heterocycles. The Hall–Kier alpha value is -1.82. The van der Waals surface area contributed by atoms with Gasteiger partial charge in [-0.25, -0.2) is 0 Å². The molecule has 0 amide bonds. The minimum Gasteiger partial charge on any atom is -0.497 e. The van der Waals surface area contributed by atoms with Crippen LogP contribution >= 0.6 is 15.9 Å². The van der Waals surface area contributed by atoms with Crippen LogP contribution in [0.2, 0.25) is 0 Å². The highest BCUT2D eigenvalue weighted by Gasteiger charge is 2.56. The number of rotatable bonds is 2. The molecule has 2 aromatic carbocycles. The third-order valence-electron chi connectivity index (χ3n) is 4.05. The Morgan fingerprint density at radius 1 is 1.13 bits per heavy atom. The predicted octanol–water partition coefficient (Wildman–Crippen LogP) is 5.22. The van der Waals surface area contributed by atoms with E-state index in [1.54, 1.807) is 18.2 Å². The second kappa shape index (κ2) is 5.67. The van der Waals surface area contributed by atoms with Gasteiger partial charge >= 0.3 is 6.18 Å². The van der Waals surface area contributed by atoms with Gasteiger partial charge in [0.15, 0.2) is 0 Å². The zero-order chi connectivity index (χ0) is 16.7. The van der Waals surface area contributed by atoms with Gasteiger partial charge in [-0.1, -0.05) is 28.1 Å². The van der Waals surface area contributed by atoms with Crippen molar-refractivity contribution in [3.05, 3.63) is 58.1 Å². The SMILES string of the molecule is COc1ccc([C@@]2(C(F)(F)F)C=Nc3ccc(Br)cc3C2)cc1. The van der Waals surface area contributed by atoms with Crippen LogP contribution in [0.3, 0.4) is 0 Å². The molecule has 1 heterocycles. The number of alkyl halides is 3. The summed E-state index contributed by atoms with van der Waals surface area (Å²) in [7, 11) is 1.48. The lowest BCUT2D eigenvalue weighted by Crippen LogP contribution is -2.47. The molecule has 1 atom stereocenters. The number of nitrogens with zero attached hydrogens (tertiary/aromatic N) is 1. The monoisotopic (exact) mass is 383 g/mol. The summed E-state index contributed by atoms with van der Waals surface area (Å²) in [6.07, 6.45) is -3.61. The number of ether oxygens (including phenoxy) is 1. The molecule has 0 fully saturated rings. The zero-order valence-electron chi connectivity index (χ0n) is 12.2. The first-order valence-electron chi connectivity index (χ1n) is 6.91. The number of hydrogen-bond acceptors (Lipinski definition) is 2. The fourth-order valence-corrected chi connectivity index (χ4v) is 3.16. The molecule has 0 radical (unpaired) electrons. The van der Waals surface area contributed by atoms with E-state index in [0.717, 1.165) is 10.7 Å². The van der Waals surface area contributed by atoms with E-state index in [2.05, 4.69) is 20.9 Å². The molecule has 2 nitrogen and oxygen atoms in total. The molecular formula is C17H13BrF3NO. The van der Waals surface area contributed by atoms with Gasteiger partial charge < -0.3 is 4.74 Å². The molecule has 0 N–H and O–H groups in total. The number of hydrogen-bond donors (Lipinski definition) is 0. The van der Waals surface area contributed by atoms with Crippen LogP contribution in [-0.4, -0.2) is 19.5 Å². The number of halogens is 4. The van der Waals surface area contributed by atoms with Crippen LogP contribution in [0.5, 0.6) is 5.75 Å². The highest BCUT2D eigenvalue weighted by Crippen LogP contribution is 2.47. The van der Waals surface area contributed by atoms with E-state index in [4.69, 9.17) is 4.74 Å². The number of benzene rings is 2. The van der Waals surface area contributed by atoms with Gasteiger partial charge in [0.2, 0.25) is 0 Å². The molecule has 23 heavy (non-hydrogen) atoms. The van der Waals surface area contributed by atoms with Gasteiger partial charge in [0.1, 0.15) is 11.2 Å². The first kappa shape index (κ1) is 16.1. The third kappa shape index (κ3) is 2.76. The number of aliphatic imine (C=N–C) groups is 1. The van der Waals surface area contributed by atoms with E-state index in [9.17, 15) is 13.2 Å². The first-order chi connectivity index (χ1) is 10.9. The molecule has 0 saturated heterocycles. The number of methoxy groups -OCH3 is 1. The maximum absolute atomic E-state index is 13.9. The Bertz CT molecular complexity index is 755. The standard InChI is InChI=1S/C17H13BrF3NO/c1-23-14-5-2-12(3-6-14)16(17(19,20)21)9-11-8-13(18)4-7-15(11)22-10-16/h2-8,10H,9H2,1H3/t16-/m0/s1. The minimum atomic E-state index is -4.45. The summed E-state index contributed by atoms with van der Waals surface area (Å²) >= 11 is 3.30. The largest absolute Gasteiger partial charge is 0.497 e. The smallest absolute Gasteiger partial charge is 0.403 e. The second-order valence-electron chi connectivity index (χ2n) is 5.41. The highest BCUT2D eigenvalue weighted by molar-refractivity contribution is 9.10. The quantitative estimate of drug-likeness (QED) is 0.696. The normalized spacial score (nSPS) is 20.2. The third-order valence-corrected chi connectivity index (χ3v) is 4.54. The van der Waals surface area contributed by atoms with E-state index < -0.39 is 11.6 Å². The minimum absolute atomic E-state index is 0.153. The lowest BCUT2D eigenvalue weighted by molar-refractivity contribution is -0.168. The molecule has 0 aliphatic carbocycles. The molecule has 0 unspecified atom stereocenters. The van der Waals surface area contributed by atoms with Crippen molar-refractivity contribution in [2.75, 3.05) is 7.11 Å². The van der Waals surface area contributed by atoms with Crippen molar-refractivity contribution < 1.29 is 17.9 Å². The van der Waals surface area contributed by atoms with Crippen molar-refractivity contribution in [3.63, 3.8) is 0 Å². The van der Waals surface area contributed by atoms with Crippen LogP contribution in [0, 0.1) is 0 Å². The molecule has 6 heteroatoms. The molecule has 1 aliphatic rings.